The molecule has 0 spiro atoms. The van der Waals surface area contributed by atoms with Crippen LogP contribution in [-0.4, -0.2) is 30.2 Å². The summed E-state index contributed by atoms with van der Waals surface area (Å²) in [7, 11) is 0. The summed E-state index contributed by atoms with van der Waals surface area (Å²) >= 11 is 0. The Morgan fingerprint density at radius 3 is 2.74 bits per heavy atom. The minimum atomic E-state index is -0.396. The second-order valence-electron chi connectivity index (χ2n) is 5.10. The third-order valence-electron chi connectivity index (χ3n) is 3.05. The van der Waals surface area contributed by atoms with E-state index in [0.29, 0.717) is 5.75 Å². The van der Waals surface area contributed by atoms with Gasteiger partial charge in [-0.25, -0.2) is 0 Å². The Balaban J connectivity index is 2.31. The topological polar surface area (TPSA) is 81.6 Å². The highest BCUT2D eigenvalue weighted by Crippen LogP contribution is 2.30. The molecular weight excluding hydrogens is 246 g/mol. The molecule has 1 aliphatic heterocycles. The highest BCUT2D eigenvalue weighted by Gasteiger charge is 2.22. The van der Waals surface area contributed by atoms with Crippen LogP contribution >= 0.6 is 0 Å². The van der Waals surface area contributed by atoms with Gasteiger partial charge >= 0.3 is 0 Å². The molecule has 1 aromatic carbocycles. The Morgan fingerprint density at radius 1 is 1.47 bits per heavy atom. The van der Waals surface area contributed by atoms with Crippen molar-refractivity contribution >= 4 is 11.4 Å². The van der Waals surface area contributed by atoms with Crippen LogP contribution in [0.15, 0.2) is 18.2 Å². The molecule has 1 unspecified atom stereocenters. The van der Waals surface area contributed by atoms with Crippen molar-refractivity contribution in [1.29, 1.82) is 0 Å². The number of rotatable bonds is 4. The molecule has 6 heteroatoms. The van der Waals surface area contributed by atoms with Gasteiger partial charge in [-0.3, -0.25) is 10.1 Å². The second-order valence-corrected chi connectivity index (χ2v) is 5.10. The second kappa shape index (κ2) is 5.44. The molecule has 104 valence electrons. The van der Waals surface area contributed by atoms with Gasteiger partial charge in [-0.1, -0.05) is 0 Å². The molecule has 2 N–H and O–H groups in total. The molecule has 0 saturated carbocycles. The van der Waals surface area contributed by atoms with Crippen molar-refractivity contribution in [2.24, 2.45) is 5.73 Å². The normalized spacial score (nSPS) is 18.9. The maximum atomic E-state index is 11.0. The van der Waals surface area contributed by atoms with Crippen LogP contribution in [0.25, 0.3) is 0 Å². The largest absolute Gasteiger partial charge is 0.491 e. The maximum absolute atomic E-state index is 11.0. The molecule has 2 rings (SSSR count). The number of non-ortho nitro benzene ring substituents is 1. The Morgan fingerprint density at radius 2 is 2.21 bits per heavy atom. The number of ether oxygens (including phenoxy) is 1. The number of nitrogens with two attached hydrogens (primary N) is 1. The molecule has 19 heavy (non-hydrogen) atoms. The molecule has 1 fully saturated rings. The van der Waals surface area contributed by atoms with Gasteiger partial charge in [0.25, 0.3) is 5.69 Å². The lowest BCUT2D eigenvalue weighted by Crippen LogP contribution is -2.26. The number of benzene rings is 1. The fraction of sp³-hybridized carbons (Fsp3) is 0.538. The Labute approximate surface area is 112 Å². The van der Waals surface area contributed by atoms with E-state index in [9.17, 15) is 10.1 Å². The van der Waals surface area contributed by atoms with E-state index in [1.165, 1.54) is 6.07 Å². The minimum absolute atomic E-state index is 0.0179. The number of hydrogen-bond donors (Lipinski definition) is 1. The molecule has 0 bridgehead atoms. The molecule has 0 radical (unpaired) electrons. The lowest BCUT2D eigenvalue weighted by Gasteiger charge is -2.19. The van der Waals surface area contributed by atoms with Crippen molar-refractivity contribution in [3.8, 4) is 5.75 Å². The van der Waals surface area contributed by atoms with Crippen molar-refractivity contribution in [2.75, 3.05) is 18.0 Å². The van der Waals surface area contributed by atoms with Crippen LogP contribution < -0.4 is 15.4 Å². The maximum Gasteiger partial charge on any atom is 0.275 e. The summed E-state index contributed by atoms with van der Waals surface area (Å²) in [5, 5.41) is 11.0. The van der Waals surface area contributed by atoms with Crippen LogP contribution in [0.1, 0.15) is 20.3 Å². The van der Waals surface area contributed by atoms with Crippen molar-refractivity contribution in [3.63, 3.8) is 0 Å². The molecule has 6 nitrogen and oxygen atoms in total. The molecule has 0 aromatic heterocycles. The van der Waals surface area contributed by atoms with Crippen LogP contribution in [0.5, 0.6) is 5.75 Å². The molecule has 0 aliphatic carbocycles. The van der Waals surface area contributed by atoms with Crippen molar-refractivity contribution < 1.29 is 9.66 Å². The van der Waals surface area contributed by atoms with E-state index in [0.717, 1.165) is 25.2 Å². The Kier molecular flexibility index (Phi) is 3.90. The lowest BCUT2D eigenvalue weighted by atomic mass is 10.2. The van der Waals surface area contributed by atoms with E-state index in [4.69, 9.17) is 10.5 Å². The Bertz CT molecular complexity index is 476. The predicted molar refractivity (Wildman–Crippen MR) is 73.7 cm³/mol. The third kappa shape index (κ3) is 3.35. The van der Waals surface area contributed by atoms with Crippen LogP contribution in [0.2, 0.25) is 0 Å². The highest BCUT2D eigenvalue weighted by atomic mass is 16.6. The van der Waals surface area contributed by atoms with Gasteiger partial charge in [0.2, 0.25) is 0 Å². The van der Waals surface area contributed by atoms with Crippen molar-refractivity contribution in [1.82, 2.24) is 0 Å². The first kappa shape index (κ1) is 13.6. The van der Waals surface area contributed by atoms with Gasteiger partial charge in [-0.15, -0.1) is 0 Å². The van der Waals surface area contributed by atoms with Gasteiger partial charge in [0, 0.05) is 37.0 Å². The summed E-state index contributed by atoms with van der Waals surface area (Å²) in [4.78, 5) is 12.6. The van der Waals surface area contributed by atoms with E-state index in [-0.39, 0.29) is 17.8 Å². The van der Waals surface area contributed by atoms with Gasteiger partial charge in [0.05, 0.1) is 17.1 Å². The zero-order chi connectivity index (χ0) is 14.0. The Hall–Kier alpha value is -1.82. The number of nitro benzene ring substituents is 1. The van der Waals surface area contributed by atoms with E-state index in [2.05, 4.69) is 4.90 Å². The number of nitrogens with zero attached hydrogens (tertiary/aromatic N) is 2. The fourth-order valence-corrected chi connectivity index (χ4v) is 2.22. The number of anilines is 1. The van der Waals surface area contributed by atoms with Crippen LogP contribution in [0.3, 0.4) is 0 Å². The van der Waals surface area contributed by atoms with Gasteiger partial charge in [-0.05, 0) is 20.3 Å². The molecule has 0 amide bonds. The zero-order valence-electron chi connectivity index (χ0n) is 11.2. The van der Waals surface area contributed by atoms with Gasteiger partial charge in [0.15, 0.2) is 0 Å². The molecular formula is C13H19N3O3. The van der Waals surface area contributed by atoms with E-state index in [1.807, 2.05) is 19.9 Å². The molecule has 1 atom stereocenters. The van der Waals surface area contributed by atoms with Gasteiger partial charge in [-0.2, -0.15) is 0 Å². The summed E-state index contributed by atoms with van der Waals surface area (Å²) in [5.74, 6) is 0.527. The first-order valence-electron chi connectivity index (χ1n) is 6.42. The quantitative estimate of drug-likeness (QED) is 0.664. The van der Waals surface area contributed by atoms with Crippen LogP contribution in [0, 0.1) is 10.1 Å². The molecule has 1 aromatic rings. The zero-order valence-corrected chi connectivity index (χ0v) is 11.2. The minimum Gasteiger partial charge on any atom is -0.491 e. The number of nitro groups is 1. The van der Waals surface area contributed by atoms with E-state index < -0.39 is 4.92 Å². The van der Waals surface area contributed by atoms with E-state index in [1.54, 1.807) is 6.07 Å². The average Bonchev–Trinajstić information content (AvgIpc) is 2.74. The molecule has 1 heterocycles. The highest BCUT2D eigenvalue weighted by molar-refractivity contribution is 5.58. The fourth-order valence-electron chi connectivity index (χ4n) is 2.22. The third-order valence-corrected chi connectivity index (χ3v) is 3.05. The van der Waals surface area contributed by atoms with Gasteiger partial charge < -0.3 is 15.4 Å². The monoisotopic (exact) mass is 265 g/mol. The predicted octanol–water partition coefficient (Wildman–Crippen LogP) is 1.92. The summed E-state index contributed by atoms with van der Waals surface area (Å²) < 4.78 is 5.57. The van der Waals surface area contributed by atoms with Crippen LogP contribution in [-0.2, 0) is 0 Å². The standard InChI is InChI=1S/C13H19N3O3/c1-9(2)19-13-6-11(5-12(7-13)16(17)18)15-4-3-10(14)8-15/h5-7,9-10H,3-4,8,14H2,1-2H3. The molecule has 1 saturated heterocycles. The first-order chi connectivity index (χ1) is 8.95. The molecule has 1 aliphatic rings. The first-order valence-corrected chi connectivity index (χ1v) is 6.42. The van der Waals surface area contributed by atoms with Crippen LogP contribution in [0.4, 0.5) is 11.4 Å². The summed E-state index contributed by atoms with van der Waals surface area (Å²) in [6, 6.07) is 5.00. The van der Waals surface area contributed by atoms with Crippen molar-refractivity contribution in [3.05, 3.63) is 28.3 Å². The smallest absolute Gasteiger partial charge is 0.275 e. The SMILES string of the molecule is CC(C)Oc1cc(N2CCC(N)C2)cc([N+](=O)[O-])c1. The van der Waals surface area contributed by atoms with E-state index >= 15 is 0 Å². The summed E-state index contributed by atoms with van der Waals surface area (Å²) in [6.07, 6.45) is 0.888. The van der Waals surface area contributed by atoms with Crippen molar-refractivity contribution in [2.45, 2.75) is 32.4 Å². The lowest BCUT2D eigenvalue weighted by molar-refractivity contribution is -0.384. The van der Waals surface area contributed by atoms with Gasteiger partial charge in [0.1, 0.15) is 5.75 Å². The summed E-state index contributed by atoms with van der Waals surface area (Å²) in [6.45, 7) is 5.33. The summed E-state index contributed by atoms with van der Waals surface area (Å²) in [5.41, 5.74) is 6.73. The number of hydrogen-bond acceptors (Lipinski definition) is 5. The average molecular weight is 265 g/mol.